The number of methoxy groups -OCH3 is 2. The van der Waals surface area contributed by atoms with Gasteiger partial charge in [0.2, 0.25) is 5.88 Å². The van der Waals surface area contributed by atoms with Gasteiger partial charge in [-0.3, -0.25) is 14.6 Å². The number of pyridine rings is 4. The van der Waals surface area contributed by atoms with Gasteiger partial charge < -0.3 is 48.5 Å². The van der Waals surface area contributed by atoms with Gasteiger partial charge in [-0.05, 0) is 127 Å². The molecule has 0 bridgehead atoms. The Kier molecular flexibility index (Phi) is 21.3. The molecule has 82 heavy (non-hydrogen) atoms. The molecule has 0 saturated heterocycles. The highest BCUT2D eigenvalue weighted by molar-refractivity contribution is 7.63. The van der Waals surface area contributed by atoms with Crippen LogP contribution in [-0.2, 0) is 38.6 Å². The number of imidazole rings is 2. The lowest BCUT2D eigenvalue weighted by atomic mass is 9.80. The first-order valence-electron chi connectivity index (χ1n) is 26.9. The molecule has 10 rings (SSSR count). The Balaban J connectivity index is 0.000000212. The van der Waals surface area contributed by atoms with E-state index in [0.717, 1.165) is 91.1 Å². The number of fused-ring (bicyclic) bond motifs is 2. The number of hydrogen-bond donors (Lipinski definition) is 4. The molecule has 0 aliphatic heterocycles. The summed E-state index contributed by atoms with van der Waals surface area (Å²) in [6.45, 7) is 14.1. The summed E-state index contributed by atoms with van der Waals surface area (Å²) < 4.78 is 37.0. The number of hydrogen-bond acceptors (Lipinski definition) is 12. The van der Waals surface area contributed by atoms with E-state index in [9.17, 15) is 23.8 Å². The number of nitrogens with two attached hydrogens (primary N) is 1. The fraction of sp³-hybridized carbons (Fsp3) is 0.281. The Hall–Kier alpha value is -8.00. The molecule has 18 heteroatoms. The molecule has 2 atom stereocenters. The molecule has 0 saturated carbocycles. The van der Waals surface area contributed by atoms with Gasteiger partial charge in [-0.15, -0.1) is 0 Å². The fourth-order valence-electron chi connectivity index (χ4n) is 9.41. The summed E-state index contributed by atoms with van der Waals surface area (Å²) in [6, 6.07) is 39.6. The average Bonchev–Trinajstić information content (AvgIpc) is 3.73. The molecule has 0 aliphatic carbocycles. The van der Waals surface area contributed by atoms with Gasteiger partial charge in [0, 0.05) is 79.4 Å². The van der Waals surface area contributed by atoms with E-state index in [-0.39, 0.29) is 24.3 Å². The van der Waals surface area contributed by atoms with Gasteiger partial charge in [0.1, 0.15) is 11.3 Å². The normalized spacial score (nSPS) is 12.7. The molecular weight excluding hydrogens is 1070 g/mol. The van der Waals surface area contributed by atoms with Gasteiger partial charge >= 0.3 is 0 Å². The zero-order valence-electron chi connectivity index (χ0n) is 47.8. The van der Waals surface area contributed by atoms with Crippen molar-refractivity contribution in [3.05, 3.63) is 225 Å². The van der Waals surface area contributed by atoms with E-state index in [1.165, 1.54) is 0 Å². The minimum absolute atomic E-state index is 0. The topological polar surface area (TPSA) is 226 Å². The van der Waals surface area contributed by atoms with E-state index in [1.54, 1.807) is 104 Å². The van der Waals surface area contributed by atoms with E-state index in [4.69, 9.17) is 15.2 Å². The molecule has 430 valence electrons. The first-order valence-corrected chi connectivity index (χ1v) is 31.9. The standard InChI is InChI=1S/C27H24N4O3.C26H23N5O2.2C5H13OP.CH4/c1-31-23-10-9-19(13-22(23)21(15-26(31)32)18-7-5-4-6-8-18)27(34-3,24-16-28-17-30-24)20-11-12-29-25(14-20)33-2;1-2-31-23-9-8-19(12-22(23)21(13-25(31)33)17-5-4-10-28-14-17)26(27,24-15-29-16-30-24)18-6-3-7-20(32)11-18;2*1-4-7(3,6)5-2;/h4-17H,1-3H3,(H,28,30);3-16,32H,2,27H2,1H3,(H,29,30);2*4-5H2,1-3H3;1H4. The smallest absolute Gasteiger partial charge is 0.251 e. The monoisotopic (exact) mass is 1150 g/mol. The van der Waals surface area contributed by atoms with E-state index >= 15 is 0 Å². The van der Waals surface area contributed by atoms with Crippen molar-refractivity contribution >= 4 is 36.1 Å². The van der Waals surface area contributed by atoms with Crippen molar-refractivity contribution in [3.63, 3.8) is 0 Å². The second-order valence-corrected chi connectivity index (χ2v) is 27.5. The zero-order chi connectivity index (χ0) is 58.5. The quantitative estimate of drug-likeness (QED) is 0.0703. The van der Waals surface area contributed by atoms with Crippen molar-refractivity contribution in [2.24, 2.45) is 12.8 Å². The first kappa shape index (κ1) is 63.2. The minimum atomic E-state index is -1.65. The number of phenols is 1. The van der Waals surface area contributed by atoms with Crippen molar-refractivity contribution in [2.75, 3.05) is 52.2 Å². The van der Waals surface area contributed by atoms with Crippen molar-refractivity contribution < 1.29 is 23.7 Å². The summed E-state index contributed by atoms with van der Waals surface area (Å²) in [5.74, 6) is 0.602. The maximum atomic E-state index is 12.9. The highest BCUT2D eigenvalue weighted by Gasteiger charge is 2.39. The molecule has 0 spiro atoms. The summed E-state index contributed by atoms with van der Waals surface area (Å²) in [7, 11) is 1.72. The molecule has 6 heterocycles. The molecule has 10 aromatic rings. The highest BCUT2D eigenvalue weighted by atomic mass is 31.2. The second-order valence-electron chi connectivity index (χ2n) is 19.8. The van der Waals surface area contributed by atoms with Crippen molar-refractivity contribution in [2.45, 2.75) is 59.7 Å². The molecule has 2 unspecified atom stereocenters. The average molecular weight is 1150 g/mol. The minimum Gasteiger partial charge on any atom is -0.508 e. The van der Waals surface area contributed by atoms with Crippen molar-refractivity contribution in [3.8, 4) is 33.9 Å². The van der Waals surface area contributed by atoms with Gasteiger partial charge in [-0.1, -0.05) is 95.8 Å². The Morgan fingerprint density at radius 2 is 1.16 bits per heavy atom. The molecule has 0 fully saturated rings. The number of aromatic amines is 2. The van der Waals surface area contributed by atoms with Crippen LogP contribution in [0.15, 0.2) is 181 Å². The Morgan fingerprint density at radius 3 is 1.72 bits per heavy atom. The lowest BCUT2D eigenvalue weighted by Crippen LogP contribution is -2.39. The Labute approximate surface area is 480 Å². The lowest BCUT2D eigenvalue weighted by molar-refractivity contribution is 0.0550. The van der Waals surface area contributed by atoms with Crippen LogP contribution >= 0.6 is 14.3 Å². The fourth-order valence-corrected chi connectivity index (χ4v) is 10.3. The second kappa shape index (κ2) is 27.6. The summed E-state index contributed by atoms with van der Waals surface area (Å²) >= 11 is 0. The third-order valence-corrected chi connectivity index (χ3v) is 20.4. The lowest BCUT2D eigenvalue weighted by Gasteiger charge is -2.33. The third kappa shape index (κ3) is 13.7. The number of aryl methyl sites for hydroxylation is 2. The molecule has 0 aliphatic rings. The molecule has 5 N–H and O–H groups in total. The summed E-state index contributed by atoms with van der Waals surface area (Å²) in [6.07, 6.45) is 15.2. The number of ether oxygens (including phenoxy) is 2. The van der Waals surface area contributed by atoms with E-state index in [2.05, 4.69) is 36.0 Å². The van der Waals surface area contributed by atoms with Gasteiger partial charge in [0.05, 0.1) is 68.9 Å². The van der Waals surface area contributed by atoms with Crippen LogP contribution in [-0.4, -0.2) is 96.3 Å². The van der Waals surface area contributed by atoms with Gasteiger partial charge in [-0.25, -0.2) is 15.0 Å². The molecule has 6 aromatic heterocycles. The molecule has 0 radical (unpaired) electrons. The largest absolute Gasteiger partial charge is 0.508 e. The predicted octanol–water partition coefficient (Wildman–Crippen LogP) is 12.7. The number of H-pyrrole nitrogens is 2. The van der Waals surface area contributed by atoms with Crippen LogP contribution in [0.25, 0.3) is 44.1 Å². The van der Waals surface area contributed by atoms with Crippen LogP contribution in [0, 0.1) is 0 Å². The van der Waals surface area contributed by atoms with Crippen LogP contribution in [0.2, 0.25) is 0 Å². The van der Waals surface area contributed by atoms with E-state index < -0.39 is 25.4 Å². The highest BCUT2D eigenvalue weighted by Crippen LogP contribution is 2.43. The summed E-state index contributed by atoms with van der Waals surface area (Å²) in [5.41, 5.74) is 14.6. The van der Waals surface area contributed by atoms with Gasteiger partial charge in [-0.2, -0.15) is 0 Å². The SMILES string of the molecule is C.CCP(C)(=O)CC.CCP(C)(=O)CC.CCn1c(=O)cc(-c2cccnc2)c2cc(C(N)(c3cccc(O)c3)c3cnc[nH]3)ccc21.COc1cc(C(OC)(c2ccc3c(c2)c(-c2ccccc2)cc(=O)n3C)c2cnc[nH]2)ccn1. The number of nitrogens with zero attached hydrogens (tertiary/aromatic N) is 6. The Bertz CT molecular complexity index is 3890. The van der Waals surface area contributed by atoms with E-state index in [1.807, 2.05) is 139 Å². The molecule has 0 amide bonds. The number of aromatic nitrogens is 8. The molecular formula is C64H77N9O7P2. The molecule has 16 nitrogen and oxygen atoms in total. The van der Waals surface area contributed by atoms with Crippen LogP contribution in [0.3, 0.4) is 0 Å². The summed E-state index contributed by atoms with van der Waals surface area (Å²) in [4.78, 5) is 48.9. The van der Waals surface area contributed by atoms with Crippen LogP contribution < -0.4 is 21.6 Å². The van der Waals surface area contributed by atoms with Crippen LogP contribution in [0.5, 0.6) is 11.6 Å². The predicted molar refractivity (Wildman–Crippen MR) is 335 cm³/mol. The van der Waals surface area contributed by atoms with E-state index in [0.29, 0.717) is 23.7 Å². The van der Waals surface area contributed by atoms with Crippen LogP contribution in [0.1, 0.15) is 75.7 Å². The number of aromatic hydroxyl groups is 1. The Morgan fingerprint density at radius 1 is 0.598 bits per heavy atom. The number of rotatable bonds is 15. The zero-order valence-corrected chi connectivity index (χ0v) is 49.5. The van der Waals surface area contributed by atoms with Crippen molar-refractivity contribution in [1.29, 1.82) is 0 Å². The number of nitrogens with one attached hydrogen (secondary N) is 2. The first-order chi connectivity index (χ1) is 38.8. The van der Waals surface area contributed by atoms with Crippen molar-refractivity contribution in [1.82, 2.24) is 39.0 Å². The maximum absolute atomic E-state index is 12.9. The number of phenolic OH excluding ortho intramolecular Hbond substituents is 1. The number of benzene rings is 4. The van der Waals surface area contributed by atoms with Gasteiger partial charge in [0.25, 0.3) is 11.1 Å². The molecule has 4 aromatic carbocycles. The maximum Gasteiger partial charge on any atom is 0.251 e. The third-order valence-electron chi connectivity index (χ3n) is 15.0. The van der Waals surface area contributed by atoms with Crippen LogP contribution in [0.4, 0.5) is 0 Å². The van der Waals surface area contributed by atoms with Gasteiger partial charge in [0.15, 0.2) is 5.60 Å². The summed E-state index contributed by atoms with van der Waals surface area (Å²) in [5, 5.41) is 12.0.